The number of thiazole rings is 1. The van der Waals surface area contributed by atoms with Gasteiger partial charge in [-0.2, -0.15) is 13.2 Å². The number of aromatic nitrogens is 2. The van der Waals surface area contributed by atoms with Crippen LogP contribution in [0.2, 0.25) is 0 Å². The highest BCUT2D eigenvalue weighted by Crippen LogP contribution is 2.44. The highest BCUT2D eigenvalue weighted by molar-refractivity contribution is 7.11. The number of rotatable bonds is 4. The molecule has 136 valence electrons. The standard InChI is InChI=1S/C18H21F3N2OS/c1-11-16(15(24)10-14-4-2-3-9-22-14)25-17(23-11)12-5-7-13(8-6-12)18(19,20)21/h2-4,9,12-13,15,24H,5-8,10H2,1H3. The van der Waals surface area contributed by atoms with Gasteiger partial charge < -0.3 is 5.11 Å². The van der Waals surface area contributed by atoms with Crippen LogP contribution >= 0.6 is 11.3 Å². The summed E-state index contributed by atoms with van der Waals surface area (Å²) < 4.78 is 38.4. The topological polar surface area (TPSA) is 46.0 Å². The van der Waals surface area contributed by atoms with Gasteiger partial charge in [0.15, 0.2) is 0 Å². The summed E-state index contributed by atoms with van der Waals surface area (Å²) in [6.45, 7) is 1.85. The molecule has 0 amide bonds. The van der Waals surface area contributed by atoms with Crippen LogP contribution in [0.5, 0.6) is 0 Å². The first-order valence-electron chi connectivity index (χ1n) is 8.46. The Kier molecular flexibility index (Phi) is 5.43. The van der Waals surface area contributed by atoms with Crippen molar-refractivity contribution < 1.29 is 18.3 Å². The number of alkyl halides is 3. The molecule has 0 aromatic carbocycles. The van der Waals surface area contributed by atoms with Gasteiger partial charge in [-0.3, -0.25) is 4.98 Å². The van der Waals surface area contributed by atoms with Gasteiger partial charge in [0.05, 0.1) is 27.6 Å². The zero-order valence-corrected chi connectivity index (χ0v) is 14.8. The van der Waals surface area contributed by atoms with Crippen molar-refractivity contribution in [2.24, 2.45) is 5.92 Å². The molecule has 2 heterocycles. The maximum atomic E-state index is 12.8. The first kappa shape index (κ1) is 18.3. The lowest BCUT2D eigenvalue weighted by atomic mass is 9.82. The summed E-state index contributed by atoms with van der Waals surface area (Å²) in [5.74, 6) is -1.11. The zero-order chi connectivity index (χ0) is 18.0. The molecule has 0 radical (unpaired) electrons. The summed E-state index contributed by atoms with van der Waals surface area (Å²) in [4.78, 5) is 9.55. The molecule has 0 bridgehead atoms. The van der Waals surface area contributed by atoms with E-state index < -0.39 is 18.2 Å². The van der Waals surface area contributed by atoms with E-state index in [9.17, 15) is 18.3 Å². The summed E-state index contributed by atoms with van der Waals surface area (Å²) in [5.41, 5.74) is 1.57. The molecule has 2 aromatic heterocycles. The van der Waals surface area contributed by atoms with E-state index in [1.165, 1.54) is 11.3 Å². The molecule has 7 heteroatoms. The maximum Gasteiger partial charge on any atom is 0.391 e. The van der Waals surface area contributed by atoms with Crippen molar-refractivity contribution in [3.05, 3.63) is 45.7 Å². The van der Waals surface area contributed by atoms with Crippen molar-refractivity contribution in [1.82, 2.24) is 9.97 Å². The molecule has 2 aromatic rings. The SMILES string of the molecule is Cc1nc(C2CCC(C(F)(F)F)CC2)sc1C(O)Cc1ccccn1. The van der Waals surface area contributed by atoms with E-state index in [2.05, 4.69) is 9.97 Å². The number of aliphatic hydroxyl groups is 1. The molecule has 1 N–H and O–H groups in total. The van der Waals surface area contributed by atoms with E-state index in [-0.39, 0.29) is 18.8 Å². The van der Waals surface area contributed by atoms with E-state index in [0.29, 0.717) is 19.3 Å². The van der Waals surface area contributed by atoms with Gasteiger partial charge in [-0.15, -0.1) is 11.3 Å². The molecule has 1 unspecified atom stereocenters. The Labute approximate surface area is 149 Å². The largest absolute Gasteiger partial charge is 0.391 e. The fraction of sp³-hybridized carbons (Fsp3) is 0.556. The van der Waals surface area contributed by atoms with Gasteiger partial charge >= 0.3 is 6.18 Å². The third-order valence-electron chi connectivity index (χ3n) is 4.82. The van der Waals surface area contributed by atoms with Crippen LogP contribution < -0.4 is 0 Å². The lowest BCUT2D eigenvalue weighted by molar-refractivity contribution is -0.182. The van der Waals surface area contributed by atoms with Gasteiger partial charge in [-0.1, -0.05) is 6.07 Å². The first-order valence-corrected chi connectivity index (χ1v) is 9.28. The minimum absolute atomic E-state index is 0.0677. The summed E-state index contributed by atoms with van der Waals surface area (Å²) in [7, 11) is 0. The zero-order valence-electron chi connectivity index (χ0n) is 14.0. The molecule has 3 nitrogen and oxygen atoms in total. The minimum atomic E-state index is -4.09. The van der Waals surface area contributed by atoms with Crippen LogP contribution in [-0.4, -0.2) is 21.3 Å². The lowest BCUT2D eigenvalue weighted by Gasteiger charge is -2.28. The van der Waals surface area contributed by atoms with Crippen molar-refractivity contribution in [2.45, 2.75) is 57.2 Å². The van der Waals surface area contributed by atoms with E-state index in [1.807, 2.05) is 25.1 Å². The van der Waals surface area contributed by atoms with Crippen molar-refractivity contribution in [1.29, 1.82) is 0 Å². The fourth-order valence-corrected chi connectivity index (χ4v) is 4.61. The quantitative estimate of drug-likeness (QED) is 0.827. The molecule has 1 atom stereocenters. The highest BCUT2D eigenvalue weighted by Gasteiger charge is 2.42. The summed E-state index contributed by atoms with van der Waals surface area (Å²) in [6.07, 6.45) is -1.34. The average molecular weight is 370 g/mol. The normalized spacial score (nSPS) is 22.8. The van der Waals surface area contributed by atoms with Crippen LogP contribution in [0, 0.1) is 12.8 Å². The predicted molar refractivity (Wildman–Crippen MR) is 90.5 cm³/mol. The second-order valence-corrected chi connectivity index (χ2v) is 7.70. The van der Waals surface area contributed by atoms with E-state index in [1.54, 1.807) is 6.20 Å². The van der Waals surface area contributed by atoms with Crippen LogP contribution in [0.25, 0.3) is 0 Å². The Bertz CT molecular complexity index is 694. The summed E-state index contributed by atoms with van der Waals surface area (Å²) in [5, 5.41) is 11.4. The molecular weight excluding hydrogens is 349 g/mol. The monoisotopic (exact) mass is 370 g/mol. The van der Waals surface area contributed by atoms with Crippen LogP contribution in [0.4, 0.5) is 13.2 Å². The van der Waals surface area contributed by atoms with Crippen LogP contribution in [0.3, 0.4) is 0 Å². The first-order chi connectivity index (χ1) is 11.8. The van der Waals surface area contributed by atoms with Crippen LogP contribution in [-0.2, 0) is 6.42 Å². The van der Waals surface area contributed by atoms with E-state index in [4.69, 9.17) is 0 Å². The number of aryl methyl sites for hydroxylation is 1. The van der Waals surface area contributed by atoms with Crippen LogP contribution in [0.1, 0.15) is 59.0 Å². The number of nitrogens with zero attached hydrogens (tertiary/aromatic N) is 2. The Morgan fingerprint density at radius 2 is 1.96 bits per heavy atom. The van der Waals surface area contributed by atoms with Crippen molar-refractivity contribution in [2.75, 3.05) is 0 Å². The Hall–Kier alpha value is -1.47. The second-order valence-electron chi connectivity index (χ2n) is 6.63. The van der Waals surface area contributed by atoms with Gasteiger partial charge in [0.25, 0.3) is 0 Å². The molecule has 0 spiro atoms. The molecular formula is C18H21F3N2OS. The van der Waals surface area contributed by atoms with Crippen LogP contribution in [0.15, 0.2) is 24.4 Å². The van der Waals surface area contributed by atoms with Crippen molar-refractivity contribution in [3.8, 4) is 0 Å². The molecule has 1 fully saturated rings. The minimum Gasteiger partial charge on any atom is -0.387 e. The van der Waals surface area contributed by atoms with Gasteiger partial charge in [-0.25, -0.2) is 4.98 Å². The smallest absolute Gasteiger partial charge is 0.387 e. The number of hydrogen-bond acceptors (Lipinski definition) is 4. The van der Waals surface area contributed by atoms with E-state index in [0.717, 1.165) is 21.3 Å². The maximum absolute atomic E-state index is 12.8. The van der Waals surface area contributed by atoms with Crippen molar-refractivity contribution >= 4 is 11.3 Å². The molecule has 25 heavy (non-hydrogen) atoms. The molecule has 0 aliphatic heterocycles. The molecule has 1 aliphatic carbocycles. The number of pyridine rings is 1. The molecule has 0 saturated heterocycles. The van der Waals surface area contributed by atoms with Gasteiger partial charge in [0, 0.05) is 24.2 Å². The molecule has 1 aliphatic rings. The third-order valence-corrected chi connectivity index (χ3v) is 6.24. The number of hydrogen-bond donors (Lipinski definition) is 1. The Morgan fingerprint density at radius 3 is 2.56 bits per heavy atom. The second kappa shape index (κ2) is 7.41. The Balaban J connectivity index is 1.66. The van der Waals surface area contributed by atoms with Gasteiger partial charge in [-0.05, 0) is 44.7 Å². The average Bonchev–Trinajstić information content (AvgIpc) is 2.97. The molecule has 1 saturated carbocycles. The van der Waals surface area contributed by atoms with Crippen molar-refractivity contribution in [3.63, 3.8) is 0 Å². The summed E-state index contributed by atoms with van der Waals surface area (Å²) >= 11 is 1.43. The van der Waals surface area contributed by atoms with E-state index >= 15 is 0 Å². The lowest BCUT2D eigenvalue weighted by Crippen LogP contribution is -2.27. The van der Waals surface area contributed by atoms with Gasteiger partial charge in [0.1, 0.15) is 0 Å². The number of halogens is 3. The fourth-order valence-electron chi connectivity index (χ4n) is 3.39. The number of aliphatic hydroxyl groups excluding tert-OH is 1. The highest BCUT2D eigenvalue weighted by atomic mass is 32.1. The van der Waals surface area contributed by atoms with Gasteiger partial charge in [0.2, 0.25) is 0 Å². The Morgan fingerprint density at radius 1 is 1.24 bits per heavy atom. The summed E-state index contributed by atoms with van der Waals surface area (Å²) in [6, 6.07) is 5.56. The molecule has 3 rings (SSSR count). The third kappa shape index (κ3) is 4.39. The predicted octanol–water partition coefficient (Wildman–Crippen LogP) is 4.96.